The van der Waals surface area contributed by atoms with Crippen LogP contribution in [-0.2, 0) is 7.05 Å². The molecule has 2 aromatic rings. The van der Waals surface area contributed by atoms with Crippen LogP contribution in [-0.4, -0.2) is 9.55 Å². The second kappa shape index (κ2) is 3.40. The predicted molar refractivity (Wildman–Crippen MR) is 56.5 cm³/mol. The molecule has 2 rings (SSSR count). The third-order valence-corrected chi connectivity index (χ3v) is 2.46. The first-order chi connectivity index (χ1) is 6.74. The summed E-state index contributed by atoms with van der Waals surface area (Å²) in [6, 6.07) is 8.11. The average molecular weight is 190 g/mol. The Morgan fingerprint density at radius 1 is 1.43 bits per heavy atom. The van der Waals surface area contributed by atoms with Crippen molar-refractivity contribution in [1.29, 1.82) is 0 Å². The minimum Gasteiger partial charge on any atom is -0.330 e. The summed E-state index contributed by atoms with van der Waals surface area (Å²) in [6.45, 7) is 1.99. The van der Waals surface area contributed by atoms with Gasteiger partial charge in [0.25, 0.3) is 0 Å². The normalized spacial score (nSPS) is 13.4. The molecule has 0 aliphatic rings. The second-order valence-electron chi connectivity index (χ2n) is 3.41. The number of rotatable bonds is 2. The first-order valence-corrected chi connectivity index (χ1v) is 4.61. The fraction of sp³-hybridized carbons (Fsp3) is 0.300. The van der Waals surface area contributed by atoms with Crippen molar-refractivity contribution in [1.82, 2.24) is 15.0 Å². The monoisotopic (exact) mass is 190 g/mol. The van der Waals surface area contributed by atoms with Gasteiger partial charge in [-0.15, -0.1) is 0 Å². The summed E-state index contributed by atoms with van der Waals surface area (Å²) < 4.78 is 2.06. The van der Waals surface area contributed by atoms with Crippen LogP contribution in [0.5, 0.6) is 0 Å². The second-order valence-corrected chi connectivity index (χ2v) is 3.41. The summed E-state index contributed by atoms with van der Waals surface area (Å²) in [7, 11) is 2.00. The summed E-state index contributed by atoms with van der Waals surface area (Å²) >= 11 is 0. The van der Waals surface area contributed by atoms with E-state index in [1.807, 2.05) is 32.2 Å². The molecule has 0 bridgehead atoms. The van der Waals surface area contributed by atoms with Crippen LogP contribution in [0.2, 0.25) is 0 Å². The smallest absolute Gasteiger partial charge is 0.127 e. The van der Waals surface area contributed by atoms with Gasteiger partial charge in [0.05, 0.1) is 17.1 Å². The molecule has 0 aliphatic carbocycles. The first kappa shape index (κ1) is 9.18. The van der Waals surface area contributed by atoms with Crippen LogP contribution in [0.25, 0.3) is 11.0 Å². The Kier molecular flexibility index (Phi) is 2.23. The minimum atomic E-state index is 0.0624. The first-order valence-electron chi connectivity index (χ1n) is 4.61. The van der Waals surface area contributed by atoms with Crippen LogP contribution in [0.1, 0.15) is 18.8 Å². The minimum absolute atomic E-state index is 0.0624. The molecule has 0 saturated carbocycles. The number of nitrogens with two attached hydrogens (primary N) is 1. The van der Waals surface area contributed by atoms with Crippen molar-refractivity contribution in [3.05, 3.63) is 30.1 Å². The lowest BCUT2D eigenvalue weighted by Gasteiger charge is -2.09. The zero-order chi connectivity index (χ0) is 10.1. The summed E-state index contributed by atoms with van der Waals surface area (Å²) in [5.41, 5.74) is 4.84. The molecule has 0 aliphatic heterocycles. The molecule has 1 aromatic heterocycles. The van der Waals surface area contributed by atoms with Gasteiger partial charge in [-0.1, -0.05) is 12.1 Å². The zero-order valence-electron chi connectivity index (χ0n) is 8.36. The maximum atomic E-state index is 5.39. The van der Waals surface area contributed by atoms with Crippen molar-refractivity contribution in [3.8, 4) is 0 Å². The largest absolute Gasteiger partial charge is 0.330 e. The Balaban J connectivity index is 2.62. The number of imidazole rings is 1. The highest BCUT2D eigenvalue weighted by Gasteiger charge is 2.11. The highest BCUT2D eigenvalue weighted by Crippen LogP contribution is 2.18. The fourth-order valence-corrected chi connectivity index (χ4v) is 1.63. The van der Waals surface area contributed by atoms with Crippen LogP contribution < -0.4 is 11.3 Å². The van der Waals surface area contributed by atoms with Crippen LogP contribution in [0.3, 0.4) is 0 Å². The van der Waals surface area contributed by atoms with Gasteiger partial charge in [-0.25, -0.2) is 4.98 Å². The van der Waals surface area contributed by atoms with E-state index in [1.54, 1.807) is 0 Å². The van der Waals surface area contributed by atoms with Crippen molar-refractivity contribution in [3.63, 3.8) is 0 Å². The van der Waals surface area contributed by atoms with Crippen molar-refractivity contribution in [2.75, 3.05) is 0 Å². The molecule has 3 N–H and O–H groups in total. The standard InChI is InChI=1S/C10H14N4/c1-7(13-11)10-12-8-5-3-4-6-9(8)14(10)2/h3-7,13H,11H2,1-2H3/t7-/m0/s1. The maximum absolute atomic E-state index is 5.39. The maximum Gasteiger partial charge on any atom is 0.127 e. The number of aryl methyl sites for hydroxylation is 1. The number of fused-ring (bicyclic) bond motifs is 1. The van der Waals surface area contributed by atoms with Crippen molar-refractivity contribution in [2.45, 2.75) is 13.0 Å². The Morgan fingerprint density at radius 3 is 2.79 bits per heavy atom. The SMILES string of the molecule is C[C@H](NN)c1nc2ccccc2n1C. The average Bonchev–Trinajstić information content (AvgIpc) is 2.56. The van der Waals surface area contributed by atoms with Crippen molar-refractivity contribution < 1.29 is 0 Å². The molecule has 0 fully saturated rings. The van der Waals surface area contributed by atoms with E-state index in [0.29, 0.717) is 0 Å². The summed E-state index contributed by atoms with van der Waals surface area (Å²) in [5, 5.41) is 0. The number of hydrazine groups is 1. The number of benzene rings is 1. The van der Waals surface area contributed by atoms with Gasteiger partial charge in [-0.3, -0.25) is 11.3 Å². The Hall–Kier alpha value is -1.39. The Bertz CT molecular complexity index is 446. The van der Waals surface area contributed by atoms with E-state index < -0.39 is 0 Å². The van der Waals surface area contributed by atoms with Gasteiger partial charge in [0.1, 0.15) is 5.82 Å². The molecule has 0 saturated heterocycles. The van der Waals surface area contributed by atoms with Gasteiger partial charge in [-0.05, 0) is 19.1 Å². The Morgan fingerprint density at radius 2 is 2.14 bits per heavy atom. The molecule has 14 heavy (non-hydrogen) atoms. The van der Waals surface area contributed by atoms with E-state index in [0.717, 1.165) is 16.9 Å². The summed E-state index contributed by atoms with van der Waals surface area (Å²) in [6.07, 6.45) is 0. The van der Waals surface area contributed by atoms with E-state index in [9.17, 15) is 0 Å². The lowest BCUT2D eigenvalue weighted by Crippen LogP contribution is -2.27. The zero-order valence-corrected chi connectivity index (χ0v) is 8.36. The van der Waals surface area contributed by atoms with Crippen LogP contribution in [0.4, 0.5) is 0 Å². The van der Waals surface area contributed by atoms with Crippen LogP contribution in [0.15, 0.2) is 24.3 Å². The molecule has 0 spiro atoms. The molecule has 0 amide bonds. The van der Waals surface area contributed by atoms with Crippen molar-refractivity contribution in [2.24, 2.45) is 12.9 Å². The van der Waals surface area contributed by atoms with Gasteiger partial charge < -0.3 is 4.57 Å². The third-order valence-electron chi connectivity index (χ3n) is 2.46. The van der Waals surface area contributed by atoms with Gasteiger partial charge in [-0.2, -0.15) is 0 Å². The van der Waals surface area contributed by atoms with E-state index in [-0.39, 0.29) is 6.04 Å². The highest BCUT2D eigenvalue weighted by atomic mass is 15.3. The van der Waals surface area contributed by atoms with Gasteiger partial charge >= 0.3 is 0 Å². The lowest BCUT2D eigenvalue weighted by molar-refractivity contribution is 0.553. The van der Waals surface area contributed by atoms with Crippen LogP contribution in [0, 0.1) is 0 Å². The molecule has 0 unspecified atom stereocenters. The number of hydrogen-bond acceptors (Lipinski definition) is 3. The van der Waals surface area contributed by atoms with Crippen LogP contribution >= 0.6 is 0 Å². The third kappa shape index (κ3) is 1.29. The molecular weight excluding hydrogens is 176 g/mol. The molecule has 4 nitrogen and oxygen atoms in total. The number of nitrogens with zero attached hydrogens (tertiary/aromatic N) is 2. The van der Waals surface area contributed by atoms with E-state index in [2.05, 4.69) is 21.0 Å². The highest BCUT2D eigenvalue weighted by molar-refractivity contribution is 5.75. The fourth-order valence-electron chi connectivity index (χ4n) is 1.63. The number of aromatic nitrogens is 2. The number of nitrogens with one attached hydrogen (secondary N) is 1. The number of hydrogen-bond donors (Lipinski definition) is 2. The molecular formula is C10H14N4. The Labute approximate surface area is 82.7 Å². The van der Waals surface area contributed by atoms with Gasteiger partial charge in [0.15, 0.2) is 0 Å². The molecule has 0 radical (unpaired) electrons. The van der Waals surface area contributed by atoms with Gasteiger partial charge in [0.2, 0.25) is 0 Å². The van der Waals surface area contributed by atoms with E-state index in [1.165, 1.54) is 0 Å². The topological polar surface area (TPSA) is 55.9 Å². The predicted octanol–water partition coefficient (Wildman–Crippen LogP) is 1.10. The summed E-state index contributed by atoms with van der Waals surface area (Å²) in [4.78, 5) is 4.50. The van der Waals surface area contributed by atoms with Gasteiger partial charge in [0, 0.05) is 7.05 Å². The lowest BCUT2D eigenvalue weighted by atomic mass is 10.3. The van der Waals surface area contributed by atoms with Crippen molar-refractivity contribution >= 4 is 11.0 Å². The molecule has 1 atom stereocenters. The molecule has 1 heterocycles. The molecule has 1 aromatic carbocycles. The molecule has 74 valence electrons. The quantitative estimate of drug-likeness (QED) is 0.550. The van der Waals surface area contributed by atoms with E-state index in [4.69, 9.17) is 5.84 Å². The molecule has 4 heteroatoms. The number of para-hydroxylation sites is 2. The van der Waals surface area contributed by atoms with E-state index >= 15 is 0 Å². The summed E-state index contributed by atoms with van der Waals surface area (Å²) in [5.74, 6) is 6.34.